The summed E-state index contributed by atoms with van der Waals surface area (Å²) in [6.07, 6.45) is 11.3. The Morgan fingerprint density at radius 1 is 1.09 bits per heavy atom. The molecule has 6 nitrogen and oxygen atoms in total. The molecule has 4 saturated carbocycles. The predicted octanol–water partition coefficient (Wildman–Crippen LogP) is 5.06. The van der Waals surface area contributed by atoms with Crippen LogP contribution in [0.25, 0.3) is 0 Å². The summed E-state index contributed by atoms with van der Waals surface area (Å²) in [5.41, 5.74) is 1.67. The van der Waals surface area contributed by atoms with Gasteiger partial charge in [0.05, 0.1) is 11.8 Å². The van der Waals surface area contributed by atoms with Crippen molar-refractivity contribution in [1.29, 1.82) is 0 Å². The highest BCUT2D eigenvalue weighted by molar-refractivity contribution is 5.85. The molecule has 4 aliphatic carbocycles. The Hall–Kier alpha value is -1.14. The first-order chi connectivity index (χ1) is 15.7. The summed E-state index contributed by atoms with van der Waals surface area (Å²) < 4.78 is 0. The minimum atomic E-state index is -0.361. The number of carbonyl (C=O) groups excluding carboxylic acids is 1. The monoisotopic (exact) mass is 461 g/mol. The largest absolute Gasteiger partial charge is 0.435 e. The zero-order valence-electron chi connectivity index (χ0n) is 21.6. The molecule has 0 aliphatic heterocycles. The molecule has 4 aliphatic rings. The van der Waals surface area contributed by atoms with E-state index in [2.05, 4.69) is 31.2 Å². The van der Waals surface area contributed by atoms with Crippen LogP contribution in [0.15, 0.2) is 5.16 Å². The predicted molar refractivity (Wildman–Crippen MR) is 132 cm³/mol. The van der Waals surface area contributed by atoms with Gasteiger partial charge in [0.1, 0.15) is 0 Å². The van der Waals surface area contributed by atoms with Crippen molar-refractivity contribution < 1.29 is 14.7 Å². The first-order valence-corrected chi connectivity index (χ1v) is 13.5. The van der Waals surface area contributed by atoms with Gasteiger partial charge in [0.15, 0.2) is 0 Å². The average molecular weight is 462 g/mol. The van der Waals surface area contributed by atoms with Gasteiger partial charge in [-0.05, 0) is 119 Å². The second kappa shape index (κ2) is 9.85. The molecule has 0 heterocycles. The summed E-state index contributed by atoms with van der Waals surface area (Å²) >= 11 is 0. The van der Waals surface area contributed by atoms with Gasteiger partial charge in [-0.3, -0.25) is 4.84 Å². The quantitative estimate of drug-likeness (QED) is 0.251. The second-order valence-corrected chi connectivity index (χ2v) is 12.2. The summed E-state index contributed by atoms with van der Waals surface area (Å²) in [5.74, 6) is 3.47. The highest BCUT2D eigenvalue weighted by Crippen LogP contribution is 2.67. The van der Waals surface area contributed by atoms with E-state index in [4.69, 9.17) is 4.84 Å². The molecule has 0 radical (unpaired) electrons. The van der Waals surface area contributed by atoms with Crippen LogP contribution < -0.4 is 5.32 Å². The number of rotatable bonds is 6. The Morgan fingerprint density at radius 3 is 2.58 bits per heavy atom. The number of nitrogens with one attached hydrogen (secondary N) is 1. The van der Waals surface area contributed by atoms with E-state index in [1.165, 1.54) is 38.5 Å². The second-order valence-electron chi connectivity index (χ2n) is 12.2. The average Bonchev–Trinajstić information content (AvgIpc) is 3.15. The third-order valence-electron chi connectivity index (χ3n) is 10.6. The van der Waals surface area contributed by atoms with Gasteiger partial charge in [-0.15, -0.1) is 0 Å². The van der Waals surface area contributed by atoms with Gasteiger partial charge in [-0.2, -0.15) is 0 Å². The van der Waals surface area contributed by atoms with Crippen LogP contribution in [0.1, 0.15) is 85.0 Å². The normalized spacial score (nSPS) is 42.8. The lowest BCUT2D eigenvalue weighted by Crippen LogP contribution is -2.54. The molecule has 0 spiro atoms. The number of oxime groups is 1. The maximum atomic E-state index is 12.4. The Bertz CT molecular complexity index is 742. The van der Waals surface area contributed by atoms with Gasteiger partial charge in [0, 0.05) is 19.5 Å². The number of amides is 1. The van der Waals surface area contributed by atoms with Crippen LogP contribution in [-0.4, -0.2) is 55.1 Å². The van der Waals surface area contributed by atoms with Crippen molar-refractivity contribution in [2.24, 2.45) is 45.6 Å². The molecule has 0 saturated heterocycles. The molecule has 0 aromatic carbocycles. The lowest BCUT2D eigenvalue weighted by atomic mass is 9.44. The molecule has 4 rings (SSSR count). The maximum Gasteiger partial charge on any atom is 0.435 e. The summed E-state index contributed by atoms with van der Waals surface area (Å²) in [7, 11) is 3.69. The van der Waals surface area contributed by atoms with E-state index in [1.54, 1.807) is 11.9 Å². The van der Waals surface area contributed by atoms with Crippen LogP contribution >= 0.6 is 0 Å². The number of hydrogen-bond acceptors (Lipinski definition) is 5. The van der Waals surface area contributed by atoms with E-state index in [1.807, 2.05) is 7.05 Å². The fourth-order valence-electron chi connectivity index (χ4n) is 8.75. The SMILES string of the molecule is CNCCCN(C)C(=O)O/N=C(\C)[C@H]1CC[C@H]2[C@@H]3CC[C@H]4C[C@@H](O)CC[C@]4(C)[C@H]3CC[C@]12C. The Kier molecular flexibility index (Phi) is 7.45. The van der Waals surface area contributed by atoms with Crippen molar-refractivity contribution in [3.05, 3.63) is 0 Å². The van der Waals surface area contributed by atoms with Gasteiger partial charge in [0.25, 0.3) is 0 Å². The Labute approximate surface area is 200 Å². The van der Waals surface area contributed by atoms with Crippen LogP contribution in [0, 0.1) is 40.4 Å². The zero-order chi connectivity index (χ0) is 23.8. The first-order valence-electron chi connectivity index (χ1n) is 13.5. The minimum Gasteiger partial charge on any atom is -0.393 e. The van der Waals surface area contributed by atoms with Crippen LogP contribution in [0.4, 0.5) is 4.79 Å². The molecule has 0 aromatic rings. The molecule has 33 heavy (non-hydrogen) atoms. The topological polar surface area (TPSA) is 74.2 Å². The van der Waals surface area contributed by atoms with Crippen molar-refractivity contribution >= 4 is 11.8 Å². The van der Waals surface area contributed by atoms with E-state index < -0.39 is 0 Å². The Balaban J connectivity index is 1.41. The number of fused-ring (bicyclic) bond motifs is 5. The highest BCUT2D eigenvalue weighted by Gasteiger charge is 2.60. The fraction of sp³-hybridized carbons (Fsp3) is 0.926. The molecular formula is C27H47N3O3. The molecule has 4 fully saturated rings. The molecule has 0 unspecified atom stereocenters. The first kappa shape index (κ1) is 25.0. The number of carbonyl (C=O) groups is 1. The molecule has 2 N–H and O–H groups in total. The van der Waals surface area contributed by atoms with Crippen LogP contribution in [0.2, 0.25) is 0 Å². The van der Waals surface area contributed by atoms with Crippen molar-refractivity contribution in [1.82, 2.24) is 10.2 Å². The highest BCUT2D eigenvalue weighted by atomic mass is 16.7. The van der Waals surface area contributed by atoms with Gasteiger partial charge in [-0.25, -0.2) is 4.79 Å². The lowest BCUT2D eigenvalue weighted by molar-refractivity contribution is -0.123. The van der Waals surface area contributed by atoms with Crippen LogP contribution in [-0.2, 0) is 4.84 Å². The van der Waals surface area contributed by atoms with Crippen LogP contribution in [0.5, 0.6) is 0 Å². The van der Waals surface area contributed by atoms with Crippen LogP contribution in [0.3, 0.4) is 0 Å². The van der Waals surface area contributed by atoms with E-state index in [-0.39, 0.29) is 17.6 Å². The Morgan fingerprint density at radius 2 is 1.82 bits per heavy atom. The van der Waals surface area contributed by atoms with Crippen molar-refractivity contribution in [2.45, 2.75) is 91.1 Å². The van der Waals surface area contributed by atoms with E-state index in [0.717, 1.165) is 55.7 Å². The molecule has 1 amide bonds. The number of aliphatic hydroxyl groups is 1. The van der Waals surface area contributed by atoms with Gasteiger partial charge < -0.3 is 15.3 Å². The molecular weight excluding hydrogens is 414 g/mol. The lowest BCUT2D eigenvalue weighted by Gasteiger charge is -2.61. The number of nitrogens with zero attached hydrogens (tertiary/aromatic N) is 2. The smallest absolute Gasteiger partial charge is 0.393 e. The third-order valence-corrected chi connectivity index (χ3v) is 10.6. The molecule has 188 valence electrons. The van der Waals surface area contributed by atoms with Crippen molar-refractivity contribution in [2.75, 3.05) is 27.2 Å². The van der Waals surface area contributed by atoms with E-state index >= 15 is 0 Å². The molecule has 0 aromatic heterocycles. The van der Waals surface area contributed by atoms with Crippen molar-refractivity contribution in [3.63, 3.8) is 0 Å². The van der Waals surface area contributed by atoms with Crippen molar-refractivity contribution in [3.8, 4) is 0 Å². The summed E-state index contributed by atoms with van der Waals surface area (Å²) in [5, 5.41) is 17.7. The minimum absolute atomic E-state index is 0.0757. The maximum absolute atomic E-state index is 12.4. The van der Waals surface area contributed by atoms with E-state index in [9.17, 15) is 9.90 Å². The summed E-state index contributed by atoms with van der Waals surface area (Å²) in [6, 6.07) is 0. The van der Waals surface area contributed by atoms with Gasteiger partial charge in [-0.1, -0.05) is 19.0 Å². The molecule has 8 atom stereocenters. The third kappa shape index (κ3) is 4.59. The zero-order valence-corrected chi connectivity index (χ0v) is 21.6. The summed E-state index contributed by atoms with van der Waals surface area (Å²) in [6.45, 7) is 8.66. The van der Waals surface area contributed by atoms with Gasteiger partial charge >= 0.3 is 6.09 Å². The van der Waals surface area contributed by atoms with E-state index in [0.29, 0.717) is 23.8 Å². The fourth-order valence-corrected chi connectivity index (χ4v) is 8.75. The summed E-state index contributed by atoms with van der Waals surface area (Å²) in [4.78, 5) is 19.3. The van der Waals surface area contributed by atoms with Gasteiger partial charge in [0.2, 0.25) is 0 Å². The number of aliphatic hydroxyl groups excluding tert-OH is 1. The molecule has 6 heteroatoms. The standard InChI is InChI=1S/C27H47N3O3/c1-18(29-33-25(32)30(5)16-6-15-28-4)22-9-10-23-21-8-7-19-17-20(31)11-13-26(19,2)24(21)12-14-27(22,23)3/h19-24,28,31H,6-17H2,1-5H3/b29-18+/t19-,20-,21-,22+,23-,24-,26-,27+/m0/s1. The number of hydrogen-bond donors (Lipinski definition) is 2. The molecule has 0 bridgehead atoms.